The summed E-state index contributed by atoms with van der Waals surface area (Å²) >= 11 is 0. The van der Waals surface area contributed by atoms with Gasteiger partial charge in [0.1, 0.15) is 5.78 Å². The molecule has 1 rings (SSSR count). The number of rotatable bonds is 7. The van der Waals surface area contributed by atoms with Crippen molar-refractivity contribution in [2.24, 2.45) is 5.41 Å². The van der Waals surface area contributed by atoms with Crippen LogP contribution in [-0.2, 0) is 14.3 Å². The molecule has 0 radical (unpaired) electrons. The standard InChI is InChI=1S/C12H22O3/c1-12(6-4-11(13)10-12)5-3-7-15-9-8-14-2/h3-10H2,1-2H3. The molecule has 1 saturated carbocycles. The van der Waals surface area contributed by atoms with Crippen LogP contribution in [0.4, 0.5) is 0 Å². The third kappa shape index (κ3) is 4.76. The Bertz CT molecular complexity index is 203. The number of ketones is 1. The Morgan fingerprint density at radius 2 is 2.13 bits per heavy atom. The first-order chi connectivity index (χ1) is 7.16. The molecule has 15 heavy (non-hydrogen) atoms. The van der Waals surface area contributed by atoms with Crippen LogP contribution in [-0.4, -0.2) is 32.7 Å². The summed E-state index contributed by atoms with van der Waals surface area (Å²) in [6, 6.07) is 0. The van der Waals surface area contributed by atoms with Crippen molar-refractivity contribution < 1.29 is 14.3 Å². The highest BCUT2D eigenvalue weighted by atomic mass is 16.5. The van der Waals surface area contributed by atoms with Crippen molar-refractivity contribution in [2.75, 3.05) is 26.9 Å². The molecular formula is C12H22O3. The Kier molecular flexibility index (Phi) is 5.26. The Morgan fingerprint density at radius 3 is 2.73 bits per heavy atom. The first kappa shape index (κ1) is 12.7. The predicted octanol–water partition coefficient (Wildman–Crippen LogP) is 2.19. The molecule has 1 atom stereocenters. The Labute approximate surface area is 92.1 Å². The van der Waals surface area contributed by atoms with Crippen molar-refractivity contribution in [1.29, 1.82) is 0 Å². The van der Waals surface area contributed by atoms with E-state index in [1.54, 1.807) is 7.11 Å². The van der Waals surface area contributed by atoms with Crippen LogP contribution in [0.2, 0.25) is 0 Å². The first-order valence-electron chi connectivity index (χ1n) is 5.75. The molecule has 0 amide bonds. The summed E-state index contributed by atoms with van der Waals surface area (Å²) in [6.07, 6.45) is 4.76. The van der Waals surface area contributed by atoms with E-state index in [-0.39, 0.29) is 5.41 Å². The summed E-state index contributed by atoms with van der Waals surface area (Å²) in [5.74, 6) is 0.429. The Hall–Kier alpha value is -0.410. The molecule has 0 aromatic rings. The van der Waals surface area contributed by atoms with Gasteiger partial charge in [-0.1, -0.05) is 6.92 Å². The van der Waals surface area contributed by atoms with Gasteiger partial charge < -0.3 is 9.47 Å². The van der Waals surface area contributed by atoms with Gasteiger partial charge in [0.05, 0.1) is 13.2 Å². The number of methoxy groups -OCH3 is 1. The molecule has 88 valence electrons. The summed E-state index contributed by atoms with van der Waals surface area (Å²) in [6.45, 7) is 4.34. The van der Waals surface area contributed by atoms with Crippen LogP contribution in [0.3, 0.4) is 0 Å². The zero-order valence-corrected chi connectivity index (χ0v) is 9.88. The highest BCUT2D eigenvalue weighted by Gasteiger charge is 2.32. The molecule has 0 bridgehead atoms. The van der Waals surface area contributed by atoms with Gasteiger partial charge in [0.2, 0.25) is 0 Å². The normalized spacial score (nSPS) is 26.1. The van der Waals surface area contributed by atoms with Gasteiger partial charge in [-0.2, -0.15) is 0 Å². The van der Waals surface area contributed by atoms with Crippen LogP contribution in [0.15, 0.2) is 0 Å². The second kappa shape index (κ2) is 6.23. The Balaban J connectivity index is 2.02. The second-order valence-electron chi connectivity index (χ2n) is 4.73. The van der Waals surface area contributed by atoms with E-state index < -0.39 is 0 Å². The zero-order chi connectivity index (χ0) is 11.1. The average Bonchev–Trinajstić information content (AvgIpc) is 2.53. The van der Waals surface area contributed by atoms with Crippen LogP contribution < -0.4 is 0 Å². The van der Waals surface area contributed by atoms with E-state index in [1.807, 2.05) is 0 Å². The fraction of sp³-hybridized carbons (Fsp3) is 0.917. The minimum Gasteiger partial charge on any atom is -0.382 e. The molecule has 1 fully saturated rings. The van der Waals surface area contributed by atoms with Crippen LogP contribution in [0.5, 0.6) is 0 Å². The van der Waals surface area contributed by atoms with Crippen LogP contribution >= 0.6 is 0 Å². The van der Waals surface area contributed by atoms with Crippen LogP contribution in [0, 0.1) is 5.41 Å². The molecule has 0 aromatic heterocycles. The number of carbonyl (C=O) groups excluding carboxylic acids is 1. The van der Waals surface area contributed by atoms with Crippen molar-refractivity contribution in [3.63, 3.8) is 0 Å². The lowest BCUT2D eigenvalue weighted by atomic mass is 9.84. The van der Waals surface area contributed by atoms with Gasteiger partial charge >= 0.3 is 0 Å². The lowest BCUT2D eigenvalue weighted by Gasteiger charge is -2.21. The average molecular weight is 214 g/mol. The van der Waals surface area contributed by atoms with Crippen molar-refractivity contribution in [1.82, 2.24) is 0 Å². The van der Waals surface area contributed by atoms with E-state index in [1.165, 1.54) is 0 Å². The molecule has 0 aromatic carbocycles. The highest BCUT2D eigenvalue weighted by molar-refractivity contribution is 5.81. The third-order valence-electron chi connectivity index (χ3n) is 3.13. The fourth-order valence-corrected chi connectivity index (χ4v) is 2.15. The fourth-order valence-electron chi connectivity index (χ4n) is 2.15. The number of hydrogen-bond donors (Lipinski definition) is 0. The molecule has 1 unspecified atom stereocenters. The molecule has 3 heteroatoms. The first-order valence-corrected chi connectivity index (χ1v) is 5.75. The molecule has 0 N–H and O–H groups in total. The number of ether oxygens (including phenoxy) is 2. The van der Waals surface area contributed by atoms with E-state index >= 15 is 0 Å². The molecule has 0 heterocycles. The lowest BCUT2D eigenvalue weighted by molar-refractivity contribution is -0.118. The summed E-state index contributed by atoms with van der Waals surface area (Å²) in [7, 11) is 1.68. The predicted molar refractivity (Wildman–Crippen MR) is 58.9 cm³/mol. The highest BCUT2D eigenvalue weighted by Crippen LogP contribution is 2.39. The quantitative estimate of drug-likeness (QED) is 0.609. The van der Waals surface area contributed by atoms with Crippen molar-refractivity contribution in [3.05, 3.63) is 0 Å². The summed E-state index contributed by atoms with van der Waals surface area (Å²) in [5.41, 5.74) is 0.252. The maximum atomic E-state index is 11.2. The van der Waals surface area contributed by atoms with E-state index in [2.05, 4.69) is 6.92 Å². The van der Waals surface area contributed by atoms with Crippen molar-refractivity contribution >= 4 is 5.78 Å². The molecule has 0 aliphatic heterocycles. The van der Waals surface area contributed by atoms with Gasteiger partial charge in [0.15, 0.2) is 0 Å². The maximum absolute atomic E-state index is 11.2. The molecule has 3 nitrogen and oxygen atoms in total. The van der Waals surface area contributed by atoms with Gasteiger partial charge in [-0.25, -0.2) is 0 Å². The van der Waals surface area contributed by atoms with Crippen LogP contribution in [0.1, 0.15) is 39.0 Å². The Morgan fingerprint density at radius 1 is 1.33 bits per heavy atom. The molecule has 0 spiro atoms. The van der Waals surface area contributed by atoms with Crippen molar-refractivity contribution in [2.45, 2.75) is 39.0 Å². The van der Waals surface area contributed by atoms with Crippen molar-refractivity contribution in [3.8, 4) is 0 Å². The molecular weight excluding hydrogens is 192 g/mol. The minimum absolute atomic E-state index is 0.252. The molecule has 1 aliphatic rings. The van der Waals surface area contributed by atoms with Gasteiger partial charge in [0.25, 0.3) is 0 Å². The van der Waals surface area contributed by atoms with Gasteiger partial charge in [0, 0.05) is 26.6 Å². The SMILES string of the molecule is COCCOCCCC1(C)CCC(=O)C1. The summed E-state index contributed by atoms with van der Waals surface area (Å²) in [5, 5.41) is 0. The summed E-state index contributed by atoms with van der Waals surface area (Å²) in [4.78, 5) is 11.2. The molecule has 0 saturated heterocycles. The lowest BCUT2D eigenvalue weighted by Crippen LogP contribution is -2.13. The monoisotopic (exact) mass is 214 g/mol. The van der Waals surface area contributed by atoms with Gasteiger partial charge in [-0.3, -0.25) is 4.79 Å². The number of hydrogen-bond acceptors (Lipinski definition) is 3. The van der Waals surface area contributed by atoms with E-state index in [4.69, 9.17) is 9.47 Å². The summed E-state index contributed by atoms with van der Waals surface area (Å²) < 4.78 is 10.3. The number of Topliss-reactive ketones (excluding diaryl/α,β-unsaturated/α-hetero) is 1. The van der Waals surface area contributed by atoms with Gasteiger partial charge in [-0.15, -0.1) is 0 Å². The van der Waals surface area contributed by atoms with E-state index in [9.17, 15) is 4.79 Å². The van der Waals surface area contributed by atoms with E-state index in [0.717, 1.165) is 38.7 Å². The van der Waals surface area contributed by atoms with Gasteiger partial charge in [-0.05, 0) is 24.7 Å². The number of carbonyl (C=O) groups is 1. The zero-order valence-electron chi connectivity index (χ0n) is 9.88. The second-order valence-corrected chi connectivity index (χ2v) is 4.73. The van der Waals surface area contributed by atoms with Crippen LogP contribution in [0.25, 0.3) is 0 Å². The largest absolute Gasteiger partial charge is 0.382 e. The topological polar surface area (TPSA) is 35.5 Å². The molecule has 1 aliphatic carbocycles. The smallest absolute Gasteiger partial charge is 0.133 e. The van der Waals surface area contributed by atoms with E-state index in [0.29, 0.717) is 19.0 Å². The minimum atomic E-state index is 0.252. The third-order valence-corrected chi connectivity index (χ3v) is 3.13. The maximum Gasteiger partial charge on any atom is 0.133 e.